The van der Waals surface area contributed by atoms with E-state index < -0.39 is 12.6 Å². The highest BCUT2D eigenvalue weighted by atomic mass is 16.5. The Morgan fingerprint density at radius 3 is 2.22 bits per heavy atom. The second-order valence-electron chi connectivity index (χ2n) is 8.42. The number of hydrogen-bond donors (Lipinski definition) is 1. The van der Waals surface area contributed by atoms with Crippen LogP contribution in [0.3, 0.4) is 0 Å². The van der Waals surface area contributed by atoms with Crippen LogP contribution in [0.5, 0.6) is 11.5 Å². The molecule has 0 aliphatic carbocycles. The van der Waals surface area contributed by atoms with Crippen LogP contribution < -0.4 is 14.8 Å². The average Bonchev–Trinajstić information content (AvgIpc) is 2.94. The number of fused-ring (bicyclic) bond motifs is 1. The van der Waals surface area contributed by atoms with E-state index in [4.69, 9.17) is 19.2 Å². The zero-order valence-corrected chi connectivity index (χ0v) is 21.5. The maximum absolute atomic E-state index is 13.2. The van der Waals surface area contributed by atoms with Crippen LogP contribution in [0.25, 0.3) is 22.2 Å². The van der Waals surface area contributed by atoms with E-state index in [1.807, 2.05) is 62.4 Å². The van der Waals surface area contributed by atoms with Gasteiger partial charge in [-0.15, -0.1) is 0 Å². The number of aryl methyl sites for hydroxylation is 2. The summed E-state index contributed by atoms with van der Waals surface area (Å²) in [5.41, 5.74) is 5.15. The lowest BCUT2D eigenvalue weighted by molar-refractivity contribution is -0.119. The van der Waals surface area contributed by atoms with Gasteiger partial charge in [-0.2, -0.15) is 0 Å². The second kappa shape index (κ2) is 11.6. The molecule has 1 N–H and O–H groups in total. The fraction of sp³-hybridized carbons (Fsp3) is 0.233. The van der Waals surface area contributed by atoms with Crippen LogP contribution in [0.2, 0.25) is 0 Å². The number of benzene rings is 3. The number of esters is 1. The summed E-state index contributed by atoms with van der Waals surface area (Å²) in [6, 6.07) is 20.4. The van der Waals surface area contributed by atoms with Crippen molar-refractivity contribution in [2.24, 2.45) is 0 Å². The van der Waals surface area contributed by atoms with E-state index in [-0.39, 0.29) is 5.91 Å². The third kappa shape index (κ3) is 5.56. The van der Waals surface area contributed by atoms with Crippen molar-refractivity contribution >= 4 is 28.5 Å². The number of anilines is 1. The molecular weight excluding hydrogens is 468 g/mol. The summed E-state index contributed by atoms with van der Waals surface area (Å²) in [5.74, 6) is 0.153. The molecule has 4 aromatic rings. The SMILES string of the molecule is CCc1cccc(CC)c1NC(=O)COC(=O)c1cc(-c2ccc(OC)c(OC)c2)nc2ccccc12. The number of pyridine rings is 1. The molecule has 0 spiro atoms. The van der Waals surface area contributed by atoms with Crippen molar-refractivity contribution in [1.29, 1.82) is 0 Å². The van der Waals surface area contributed by atoms with Crippen molar-refractivity contribution in [3.05, 3.63) is 83.4 Å². The van der Waals surface area contributed by atoms with Gasteiger partial charge >= 0.3 is 5.97 Å². The highest BCUT2D eigenvalue weighted by Gasteiger charge is 2.18. The molecule has 1 aromatic heterocycles. The largest absolute Gasteiger partial charge is 0.493 e. The van der Waals surface area contributed by atoms with E-state index in [0.717, 1.165) is 35.2 Å². The molecule has 0 fully saturated rings. The lowest BCUT2D eigenvalue weighted by Gasteiger charge is -2.15. The third-order valence-corrected chi connectivity index (χ3v) is 6.21. The molecule has 7 heteroatoms. The molecule has 0 bridgehead atoms. The fourth-order valence-electron chi connectivity index (χ4n) is 4.28. The average molecular weight is 499 g/mol. The number of nitrogens with one attached hydrogen (secondary N) is 1. The Bertz CT molecular complexity index is 1430. The highest BCUT2D eigenvalue weighted by molar-refractivity contribution is 6.05. The van der Waals surface area contributed by atoms with Crippen LogP contribution in [0.15, 0.2) is 66.7 Å². The molecule has 37 heavy (non-hydrogen) atoms. The molecule has 0 aliphatic rings. The predicted octanol–water partition coefficient (Wildman–Crippen LogP) is 5.84. The second-order valence-corrected chi connectivity index (χ2v) is 8.42. The highest BCUT2D eigenvalue weighted by Crippen LogP contribution is 2.33. The summed E-state index contributed by atoms with van der Waals surface area (Å²) < 4.78 is 16.2. The lowest BCUT2D eigenvalue weighted by atomic mass is 10.0. The summed E-state index contributed by atoms with van der Waals surface area (Å²) in [6.07, 6.45) is 1.57. The Kier molecular flexibility index (Phi) is 8.03. The van der Waals surface area contributed by atoms with E-state index >= 15 is 0 Å². The summed E-state index contributed by atoms with van der Waals surface area (Å²) in [4.78, 5) is 30.7. The number of carbonyl (C=O) groups is 2. The van der Waals surface area contributed by atoms with Crippen molar-refractivity contribution in [2.45, 2.75) is 26.7 Å². The predicted molar refractivity (Wildman–Crippen MR) is 144 cm³/mol. The minimum absolute atomic E-state index is 0.325. The topological polar surface area (TPSA) is 86.8 Å². The van der Waals surface area contributed by atoms with Gasteiger partial charge in [0.1, 0.15) is 0 Å². The van der Waals surface area contributed by atoms with Gasteiger partial charge in [0.15, 0.2) is 18.1 Å². The van der Waals surface area contributed by atoms with Crippen LogP contribution in [-0.4, -0.2) is 37.7 Å². The van der Waals surface area contributed by atoms with Gasteiger partial charge in [-0.25, -0.2) is 9.78 Å². The van der Waals surface area contributed by atoms with Crippen molar-refractivity contribution in [1.82, 2.24) is 4.98 Å². The normalized spacial score (nSPS) is 10.7. The molecule has 1 amide bonds. The van der Waals surface area contributed by atoms with E-state index in [0.29, 0.717) is 33.7 Å². The summed E-state index contributed by atoms with van der Waals surface area (Å²) in [5, 5.41) is 3.57. The van der Waals surface area contributed by atoms with Gasteiger partial charge in [-0.05, 0) is 54.3 Å². The Morgan fingerprint density at radius 2 is 1.54 bits per heavy atom. The standard InChI is InChI=1S/C30H30N2O5/c1-5-19-10-9-11-20(6-2)29(19)32-28(33)18-37-30(34)23-17-25(31-24-13-8-7-12-22(23)24)21-14-15-26(35-3)27(16-21)36-4/h7-17H,5-6,18H2,1-4H3,(H,32,33). The van der Waals surface area contributed by atoms with E-state index in [1.165, 1.54) is 0 Å². The van der Waals surface area contributed by atoms with Crippen molar-refractivity contribution in [2.75, 3.05) is 26.1 Å². The molecule has 4 rings (SSSR count). The van der Waals surface area contributed by atoms with E-state index in [9.17, 15) is 9.59 Å². The number of carbonyl (C=O) groups excluding carboxylic acids is 2. The smallest absolute Gasteiger partial charge is 0.339 e. The Hall–Kier alpha value is -4.39. The van der Waals surface area contributed by atoms with E-state index in [2.05, 4.69) is 5.32 Å². The van der Waals surface area contributed by atoms with Crippen LogP contribution in [-0.2, 0) is 22.4 Å². The van der Waals surface area contributed by atoms with E-state index in [1.54, 1.807) is 32.4 Å². The van der Waals surface area contributed by atoms with Gasteiger partial charge in [-0.3, -0.25) is 4.79 Å². The monoisotopic (exact) mass is 498 g/mol. The molecule has 0 saturated carbocycles. The van der Waals surface area contributed by atoms with Crippen molar-refractivity contribution in [3.63, 3.8) is 0 Å². The first-order valence-corrected chi connectivity index (χ1v) is 12.2. The molecule has 0 radical (unpaired) electrons. The van der Waals surface area contributed by atoms with Crippen molar-refractivity contribution in [3.8, 4) is 22.8 Å². The number of rotatable bonds is 9. The first-order chi connectivity index (χ1) is 18.0. The molecule has 7 nitrogen and oxygen atoms in total. The number of amides is 1. The zero-order valence-electron chi connectivity index (χ0n) is 21.5. The molecular formula is C30H30N2O5. The minimum Gasteiger partial charge on any atom is -0.493 e. The Labute approximate surface area is 216 Å². The molecule has 1 heterocycles. The zero-order chi connectivity index (χ0) is 26.4. The number of ether oxygens (including phenoxy) is 3. The fourth-order valence-corrected chi connectivity index (χ4v) is 4.28. The van der Waals surface area contributed by atoms with Crippen LogP contribution in [0.1, 0.15) is 35.3 Å². The van der Waals surface area contributed by atoms with Gasteiger partial charge in [0.25, 0.3) is 5.91 Å². The molecule has 0 saturated heterocycles. The number of aromatic nitrogens is 1. The van der Waals surface area contributed by atoms with Gasteiger partial charge in [0.05, 0.1) is 31.0 Å². The van der Waals surface area contributed by atoms with Crippen molar-refractivity contribution < 1.29 is 23.8 Å². The summed E-state index contributed by atoms with van der Waals surface area (Å²) in [7, 11) is 3.13. The molecule has 0 unspecified atom stereocenters. The molecule has 0 atom stereocenters. The Morgan fingerprint density at radius 1 is 0.838 bits per heavy atom. The van der Waals surface area contributed by atoms with Gasteiger partial charge < -0.3 is 19.5 Å². The lowest BCUT2D eigenvalue weighted by Crippen LogP contribution is -2.22. The first-order valence-electron chi connectivity index (χ1n) is 12.2. The maximum atomic E-state index is 13.2. The van der Waals surface area contributed by atoms with Gasteiger partial charge in [-0.1, -0.05) is 50.2 Å². The summed E-state index contributed by atoms with van der Waals surface area (Å²) in [6.45, 7) is 3.67. The number of hydrogen-bond acceptors (Lipinski definition) is 6. The molecule has 190 valence electrons. The van der Waals surface area contributed by atoms with Crippen LogP contribution >= 0.6 is 0 Å². The number of methoxy groups -OCH3 is 2. The molecule has 0 aliphatic heterocycles. The number of para-hydroxylation sites is 2. The Balaban J connectivity index is 1.60. The summed E-state index contributed by atoms with van der Waals surface area (Å²) >= 11 is 0. The maximum Gasteiger partial charge on any atom is 0.339 e. The van der Waals surface area contributed by atoms with Gasteiger partial charge in [0, 0.05) is 16.6 Å². The first kappa shape index (κ1) is 25.7. The number of nitrogens with zero attached hydrogens (tertiary/aromatic N) is 1. The molecule has 3 aromatic carbocycles. The quantitative estimate of drug-likeness (QED) is 0.292. The minimum atomic E-state index is -0.602. The van der Waals surface area contributed by atoms with Gasteiger partial charge in [0.2, 0.25) is 0 Å². The van der Waals surface area contributed by atoms with Crippen LogP contribution in [0, 0.1) is 0 Å². The third-order valence-electron chi connectivity index (χ3n) is 6.21. The van der Waals surface area contributed by atoms with Crippen LogP contribution in [0.4, 0.5) is 5.69 Å².